The third-order valence-electron chi connectivity index (χ3n) is 4.21. The third-order valence-corrected chi connectivity index (χ3v) is 5.50. The van der Waals surface area contributed by atoms with E-state index < -0.39 is 0 Å². The molecule has 2 aliphatic rings. The SMILES string of the molecule is Cn1c(SCc2cc(Cl)cc3c2OCOC3)nnc1N1CCOCC1. The van der Waals surface area contributed by atoms with E-state index in [2.05, 4.69) is 15.1 Å². The van der Waals surface area contributed by atoms with Crippen LogP contribution in [0.1, 0.15) is 11.1 Å². The fourth-order valence-corrected chi connectivity index (χ4v) is 4.11. The lowest BCUT2D eigenvalue weighted by Gasteiger charge is -2.27. The summed E-state index contributed by atoms with van der Waals surface area (Å²) >= 11 is 7.85. The number of morpholine rings is 1. The number of fused-ring (bicyclic) bond motifs is 1. The minimum absolute atomic E-state index is 0.275. The Balaban J connectivity index is 1.50. The largest absolute Gasteiger partial charge is 0.467 e. The minimum Gasteiger partial charge on any atom is -0.467 e. The van der Waals surface area contributed by atoms with Gasteiger partial charge in [0.25, 0.3) is 0 Å². The van der Waals surface area contributed by atoms with Crippen molar-refractivity contribution in [1.29, 1.82) is 0 Å². The summed E-state index contributed by atoms with van der Waals surface area (Å²) in [6.07, 6.45) is 0. The molecule has 1 aromatic heterocycles. The molecule has 2 aliphatic heterocycles. The van der Waals surface area contributed by atoms with Crippen LogP contribution in [0.15, 0.2) is 17.3 Å². The maximum atomic E-state index is 6.23. The molecule has 9 heteroatoms. The van der Waals surface area contributed by atoms with Gasteiger partial charge in [-0.25, -0.2) is 0 Å². The molecule has 0 aliphatic carbocycles. The van der Waals surface area contributed by atoms with Gasteiger partial charge in [-0.3, -0.25) is 4.57 Å². The number of nitrogens with zero attached hydrogens (tertiary/aromatic N) is 4. The lowest BCUT2D eigenvalue weighted by atomic mass is 10.1. The van der Waals surface area contributed by atoms with E-state index in [0.29, 0.717) is 17.4 Å². The molecule has 0 amide bonds. The fraction of sp³-hybridized carbons (Fsp3) is 0.500. The first-order chi connectivity index (χ1) is 12.2. The molecule has 0 saturated carbocycles. The van der Waals surface area contributed by atoms with E-state index in [1.165, 1.54) is 0 Å². The average molecular weight is 383 g/mol. The van der Waals surface area contributed by atoms with Gasteiger partial charge in [0.1, 0.15) is 5.75 Å². The van der Waals surface area contributed by atoms with Gasteiger partial charge in [0.2, 0.25) is 5.95 Å². The fourth-order valence-electron chi connectivity index (χ4n) is 2.98. The molecular formula is C16H19ClN4O3S. The molecule has 1 saturated heterocycles. The van der Waals surface area contributed by atoms with Gasteiger partial charge in [-0.2, -0.15) is 0 Å². The van der Waals surface area contributed by atoms with E-state index in [9.17, 15) is 0 Å². The molecule has 0 radical (unpaired) electrons. The predicted octanol–water partition coefficient (Wildman–Crippen LogP) is 2.46. The number of hydrogen-bond donors (Lipinski definition) is 0. The van der Waals surface area contributed by atoms with Crippen molar-refractivity contribution in [2.75, 3.05) is 38.0 Å². The Labute approximate surface area is 155 Å². The van der Waals surface area contributed by atoms with Crippen LogP contribution in [-0.2, 0) is 28.9 Å². The van der Waals surface area contributed by atoms with Crippen LogP contribution in [0.25, 0.3) is 0 Å². The zero-order valence-electron chi connectivity index (χ0n) is 13.9. The van der Waals surface area contributed by atoms with Crippen molar-refractivity contribution in [2.24, 2.45) is 7.05 Å². The second kappa shape index (κ2) is 7.41. The molecule has 25 heavy (non-hydrogen) atoms. The summed E-state index contributed by atoms with van der Waals surface area (Å²) in [5, 5.41) is 10.2. The Morgan fingerprint density at radius 2 is 2.04 bits per heavy atom. The number of halogens is 1. The quantitative estimate of drug-likeness (QED) is 0.752. The van der Waals surface area contributed by atoms with Crippen LogP contribution >= 0.6 is 23.4 Å². The molecule has 4 rings (SSSR count). The van der Waals surface area contributed by atoms with E-state index in [4.69, 9.17) is 25.8 Å². The highest BCUT2D eigenvalue weighted by Crippen LogP contribution is 2.35. The summed E-state index contributed by atoms with van der Waals surface area (Å²) in [7, 11) is 1.99. The van der Waals surface area contributed by atoms with Crippen LogP contribution in [0.3, 0.4) is 0 Å². The maximum absolute atomic E-state index is 6.23. The van der Waals surface area contributed by atoms with Gasteiger partial charge in [0.05, 0.1) is 19.8 Å². The first-order valence-corrected chi connectivity index (χ1v) is 9.45. The third kappa shape index (κ3) is 3.57. The van der Waals surface area contributed by atoms with Crippen LogP contribution in [0.4, 0.5) is 5.95 Å². The number of hydrogen-bond acceptors (Lipinski definition) is 7. The summed E-state index contributed by atoms with van der Waals surface area (Å²) in [5.74, 6) is 2.46. The molecule has 1 fully saturated rings. The number of benzene rings is 1. The number of aromatic nitrogens is 3. The van der Waals surface area contributed by atoms with Crippen molar-refractivity contribution in [3.8, 4) is 5.75 Å². The highest BCUT2D eigenvalue weighted by atomic mass is 35.5. The first kappa shape index (κ1) is 17.0. The highest BCUT2D eigenvalue weighted by Gasteiger charge is 2.20. The summed E-state index contributed by atoms with van der Waals surface area (Å²) in [6.45, 7) is 3.93. The normalized spacial score (nSPS) is 17.3. The molecule has 0 N–H and O–H groups in total. The van der Waals surface area contributed by atoms with E-state index in [1.807, 2.05) is 23.7 Å². The lowest BCUT2D eigenvalue weighted by molar-refractivity contribution is -0.0168. The zero-order chi connectivity index (χ0) is 17.2. The van der Waals surface area contributed by atoms with E-state index in [0.717, 1.165) is 54.3 Å². The molecule has 0 bridgehead atoms. The Hall–Kier alpha value is -1.48. The monoisotopic (exact) mass is 382 g/mol. The van der Waals surface area contributed by atoms with Crippen LogP contribution < -0.4 is 9.64 Å². The minimum atomic E-state index is 0.275. The second-order valence-corrected chi connectivity index (χ2v) is 7.27. The summed E-state index contributed by atoms with van der Waals surface area (Å²) in [6, 6.07) is 3.83. The highest BCUT2D eigenvalue weighted by molar-refractivity contribution is 7.98. The van der Waals surface area contributed by atoms with Gasteiger partial charge in [-0.1, -0.05) is 23.4 Å². The number of ether oxygens (including phenoxy) is 3. The number of rotatable bonds is 4. The van der Waals surface area contributed by atoms with Crippen molar-refractivity contribution in [3.63, 3.8) is 0 Å². The van der Waals surface area contributed by atoms with Gasteiger partial charge >= 0.3 is 0 Å². The van der Waals surface area contributed by atoms with E-state index >= 15 is 0 Å². The van der Waals surface area contributed by atoms with Gasteiger partial charge < -0.3 is 19.1 Å². The summed E-state index contributed by atoms with van der Waals surface area (Å²) in [4.78, 5) is 2.20. The topological polar surface area (TPSA) is 61.6 Å². The van der Waals surface area contributed by atoms with Gasteiger partial charge in [-0.05, 0) is 12.1 Å². The molecule has 0 spiro atoms. The Kier molecular flexibility index (Phi) is 5.03. The molecule has 3 heterocycles. The Morgan fingerprint density at radius 1 is 1.20 bits per heavy atom. The van der Waals surface area contributed by atoms with Crippen molar-refractivity contribution in [2.45, 2.75) is 17.5 Å². The number of thioether (sulfide) groups is 1. The standard InChI is InChI=1S/C16H19ClN4O3S/c1-20-15(21-2-4-22-5-3-21)18-19-16(20)25-9-12-7-13(17)6-11-8-23-10-24-14(11)12/h6-7H,2-5,8-10H2,1H3. The van der Waals surface area contributed by atoms with Crippen LogP contribution in [0.2, 0.25) is 5.02 Å². The van der Waals surface area contributed by atoms with Crippen LogP contribution in [0, 0.1) is 0 Å². The number of anilines is 1. The van der Waals surface area contributed by atoms with E-state index in [-0.39, 0.29) is 6.79 Å². The molecule has 0 atom stereocenters. The molecular weight excluding hydrogens is 364 g/mol. The molecule has 134 valence electrons. The van der Waals surface area contributed by atoms with Crippen molar-refractivity contribution < 1.29 is 14.2 Å². The molecule has 7 nitrogen and oxygen atoms in total. The predicted molar refractivity (Wildman–Crippen MR) is 95.3 cm³/mol. The summed E-state index contributed by atoms with van der Waals surface area (Å²) < 4.78 is 18.4. The van der Waals surface area contributed by atoms with Gasteiger partial charge in [0.15, 0.2) is 11.9 Å². The Bertz CT molecular complexity index is 764. The molecule has 0 unspecified atom stereocenters. The van der Waals surface area contributed by atoms with Crippen molar-refractivity contribution >= 4 is 29.3 Å². The van der Waals surface area contributed by atoms with Crippen molar-refractivity contribution in [1.82, 2.24) is 14.8 Å². The Morgan fingerprint density at radius 3 is 2.88 bits per heavy atom. The summed E-state index contributed by atoms with van der Waals surface area (Å²) in [5.41, 5.74) is 2.04. The molecule has 1 aromatic carbocycles. The molecule has 2 aromatic rings. The first-order valence-electron chi connectivity index (χ1n) is 8.09. The van der Waals surface area contributed by atoms with Crippen LogP contribution in [0.5, 0.6) is 5.75 Å². The van der Waals surface area contributed by atoms with Crippen LogP contribution in [-0.4, -0.2) is 47.9 Å². The van der Waals surface area contributed by atoms with Gasteiger partial charge in [0, 0.05) is 42.0 Å². The van der Waals surface area contributed by atoms with Crippen molar-refractivity contribution in [3.05, 3.63) is 28.3 Å². The van der Waals surface area contributed by atoms with E-state index in [1.54, 1.807) is 11.8 Å². The lowest BCUT2D eigenvalue weighted by Crippen LogP contribution is -2.37. The second-order valence-electron chi connectivity index (χ2n) is 5.89. The van der Waals surface area contributed by atoms with Gasteiger partial charge in [-0.15, -0.1) is 10.2 Å². The average Bonchev–Trinajstić information content (AvgIpc) is 3.01. The smallest absolute Gasteiger partial charge is 0.227 e. The maximum Gasteiger partial charge on any atom is 0.227 e. The zero-order valence-corrected chi connectivity index (χ0v) is 15.5.